The maximum Gasteiger partial charge on any atom is 0.343 e. The van der Waals surface area contributed by atoms with Crippen LogP contribution in [0.3, 0.4) is 0 Å². The minimum absolute atomic E-state index is 0.0144. The Bertz CT molecular complexity index is 2660. The fourth-order valence-electron chi connectivity index (χ4n) is 7.04. The van der Waals surface area contributed by atoms with Gasteiger partial charge in [0.1, 0.15) is 17.3 Å². The van der Waals surface area contributed by atoms with Crippen molar-refractivity contribution in [2.24, 2.45) is 5.92 Å². The molecule has 3 N–H and O–H groups in total. The number of nitrogens with one attached hydrogen (secondary N) is 2. The number of hydrogen-bond donors (Lipinski definition) is 3. The molecule has 3 heterocycles. The topological polar surface area (TPSA) is 176 Å². The minimum Gasteiger partial charge on any atom is -0.456 e. The highest BCUT2D eigenvalue weighted by molar-refractivity contribution is 6.24. The molecule has 2 aromatic heterocycles. The van der Waals surface area contributed by atoms with Gasteiger partial charge < -0.3 is 19.6 Å². The van der Waals surface area contributed by atoms with E-state index in [9.17, 15) is 14.4 Å². The lowest BCUT2D eigenvalue weighted by molar-refractivity contribution is 0.0622. The molecule has 1 aliphatic heterocycles. The molecule has 322 valence electrons. The summed E-state index contributed by atoms with van der Waals surface area (Å²) in [5.74, 6) is 0.927. The number of esters is 1. The molecular formula is C50H51N7O6. The summed E-state index contributed by atoms with van der Waals surface area (Å²) in [6.45, 7) is 12.6. The van der Waals surface area contributed by atoms with Gasteiger partial charge in [-0.3, -0.25) is 19.6 Å². The van der Waals surface area contributed by atoms with Gasteiger partial charge in [-0.05, 0) is 42.7 Å². The number of aromatic nitrogens is 6. The predicted molar refractivity (Wildman–Crippen MR) is 244 cm³/mol. The van der Waals surface area contributed by atoms with E-state index in [0.717, 1.165) is 49.5 Å². The number of aliphatic hydroxyl groups excluding tert-OH is 1. The van der Waals surface area contributed by atoms with Crippen molar-refractivity contribution in [1.29, 1.82) is 0 Å². The van der Waals surface area contributed by atoms with Crippen LogP contribution in [0.5, 0.6) is 11.5 Å². The molecule has 0 aliphatic carbocycles. The van der Waals surface area contributed by atoms with E-state index in [-0.39, 0.29) is 46.4 Å². The first kappa shape index (κ1) is 45.0. The average molecular weight is 846 g/mol. The molecule has 0 fully saturated rings. The summed E-state index contributed by atoms with van der Waals surface area (Å²) in [7, 11) is 1.00. The van der Waals surface area contributed by atoms with Gasteiger partial charge in [-0.2, -0.15) is 5.10 Å². The molecule has 63 heavy (non-hydrogen) atoms. The Hall–Kier alpha value is -7.51. The Kier molecular flexibility index (Phi) is 15.2. The molecule has 0 saturated carbocycles. The number of benzene rings is 5. The molecule has 0 saturated heterocycles. The van der Waals surface area contributed by atoms with Gasteiger partial charge in [0.05, 0.1) is 16.7 Å². The van der Waals surface area contributed by atoms with Crippen LogP contribution in [0.4, 0.5) is 0 Å². The molecule has 13 heteroatoms. The summed E-state index contributed by atoms with van der Waals surface area (Å²) in [6.07, 6.45) is 3.64. The van der Waals surface area contributed by atoms with Crippen LogP contribution < -0.4 is 9.47 Å². The van der Waals surface area contributed by atoms with E-state index in [1.807, 2.05) is 98.8 Å². The molecular weight excluding hydrogens is 795 g/mol. The number of rotatable bonds is 15. The average Bonchev–Trinajstić information content (AvgIpc) is 4.10. The largest absolute Gasteiger partial charge is 0.456 e. The van der Waals surface area contributed by atoms with Crippen molar-refractivity contribution in [2.75, 3.05) is 13.7 Å². The Morgan fingerprint density at radius 2 is 1.27 bits per heavy atom. The molecule has 0 spiro atoms. The zero-order valence-corrected chi connectivity index (χ0v) is 36.1. The standard InChI is InChI=1S/C47H41N7O5.C2H6.CH4O/c1-4-6-14-30(5-2)28-54-45(55)39-37(58-29(3)35-19-13-20-36(27-35)44-49-42(51-53-44)32-17-11-8-12-18-32)25-26-38(40(39)46(54)56)59-47(57)34-23-21-33(22-24-34)43-48-41(50-52-43)31-15-9-7-10-16-31;2*1-2/h7-13,15-27,30H,3-6,14,28H2,1-2H3,(H,48,50,52)(H,49,51,53);1-2H3;2H,1H3. The summed E-state index contributed by atoms with van der Waals surface area (Å²) in [6, 6.07) is 36.4. The SMILES string of the molecule is C=C(Oc1ccc(OC(=O)c2ccc(-c3nnc(-c4ccccc4)[nH]3)cc2)c2c1C(=O)N(CC(CC)CCCC)C2=O)c1cccc(-c2nc(-c3ccccc3)n[nH]2)c1.CC.CO. The van der Waals surface area contributed by atoms with Gasteiger partial charge >= 0.3 is 5.97 Å². The molecule has 1 atom stereocenters. The van der Waals surface area contributed by atoms with Crippen LogP contribution in [0.2, 0.25) is 0 Å². The minimum atomic E-state index is -0.702. The molecule has 13 nitrogen and oxygen atoms in total. The lowest BCUT2D eigenvalue weighted by Gasteiger charge is -2.21. The number of hydrogen-bond acceptors (Lipinski definition) is 10. The van der Waals surface area contributed by atoms with Gasteiger partial charge in [-0.25, -0.2) is 9.78 Å². The Morgan fingerprint density at radius 1 is 0.698 bits per heavy atom. The van der Waals surface area contributed by atoms with Gasteiger partial charge in [0.15, 0.2) is 23.3 Å². The van der Waals surface area contributed by atoms with Crippen LogP contribution in [0.25, 0.3) is 51.3 Å². The zero-order chi connectivity index (χ0) is 44.9. The molecule has 0 radical (unpaired) electrons. The van der Waals surface area contributed by atoms with Crippen LogP contribution in [0.1, 0.15) is 90.0 Å². The second-order valence-corrected chi connectivity index (χ2v) is 14.3. The summed E-state index contributed by atoms with van der Waals surface area (Å²) in [5, 5.41) is 22.9. The number of fused-ring (bicyclic) bond motifs is 1. The molecule has 7 aromatic rings. The number of carbonyl (C=O) groups is 3. The van der Waals surface area contributed by atoms with Crippen molar-refractivity contribution >= 4 is 23.5 Å². The number of carbonyl (C=O) groups excluding carboxylic acids is 3. The summed E-state index contributed by atoms with van der Waals surface area (Å²) in [5.41, 5.74) is 4.07. The number of amides is 2. The first-order chi connectivity index (χ1) is 30.8. The maximum absolute atomic E-state index is 14.2. The van der Waals surface area contributed by atoms with Crippen molar-refractivity contribution < 1.29 is 29.0 Å². The van der Waals surface area contributed by atoms with Crippen LogP contribution in [0.15, 0.2) is 128 Å². The number of aliphatic hydroxyl groups is 1. The highest BCUT2D eigenvalue weighted by Gasteiger charge is 2.42. The third kappa shape index (κ3) is 10.2. The molecule has 8 rings (SSSR count). The van der Waals surface area contributed by atoms with E-state index in [0.29, 0.717) is 34.4 Å². The van der Waals surface area contributed by atoms with Gasteiger partial charge in [0, 0.05) is 41.5 Å². The van der Waals surface area contributed by atoms with Gasteiger partial charge in [-0.1, -0.05) is 145 Å². The lowest BCUT2D eigenvalue weighted by atomic mass is 9.99. The maximum atomic E-state index is 14.2. The van der Waals surface area contributed by atoms with E-state index in [2.05, 4.69) is 50.8 Å². The number of nitrogens with zero attached hydrogens (tertiary/aromatic N) is 5. The molecule has 0 bridgehead atoms. The number of H-pyrrole nitrogens is 2. The number of aromatic amines is 2. The van der Waals surface area contributed by atoms with Crippen molar-refractivity contribution in [1.82, 2.24) is 35.3 Å². The Morgan fingerprint density at radius 3 is 1.87 bits per heavy atom. The molecule has 2 amide bonds. The highest BCUT2D eigenvalue weighted by atomic mass is 16.5. The highest BCUT2D eigenvalue weighted by Crippen LogP contribution is 2.40. The summed E-state index contributed by atoms with van der Waals surface area (Å²) in [4.78, 5) is 51.2. The van der Waals surface area contributed by atoms with E-state index >= 15 is 0 Å². The quantitative estimate of drug-likeness (QED) is 0.0390. The van der Waals surface area contributed by atoms with E-state index in [1.165, 1.54) is 17.0 Å². The first-order valence-electron chi connectivity index (χ1n) is 21.0. The molecule has 1 unspecified atom stereocenters. The number of unbranched alkanes of at least 4 members (excludes halogenated alkanes) is 1. The van der Waals surface area contributed by atoms with Gasteiger partial charge in [-0.15, -0.1) is 10.2 Å². The van der Waals surface area contributed by atoms with Gasteiger partial charge in [0.2, 0.25) is 0 Å². The Labute approximate surface area is 366 Å². The van der Waals surface area contributed by atoms with Crippen LogP contribution in [-0.4, -0.2) is 71.8 Å². The summed E-state index contributed by atoms with van der Waals surface area (Å²) < 4.78 is 12.2. The van der Waals surface area contributed by atoms with E-state index in [1.54, 1.807) is 24.3 Å². The lowest BCUT2D eigenvalue weighted by Crippen LogP contribution is -2.34. The third-order valence-corrected chi connectivity index (χ3v) is 10.4. The van der Waals surface area contributed by atoms with Crippen molar-refractivity contribution in [2.45, 2.75) is 53.4 Å². The zero-order valence-electron chi connectivity index (χ0n) is 36.1. The molecule has 1 aliphatic rings. The van der Waals surface area contributed by atoms with Crippen LogP contribution in [-0.2, 0) is 0 Å². The normalized spacial score (nSPS) is 12.1. The fourth-order valence-corrected chi connectivity index (χ4v) is 7.04. The third-order valence-electron chi connectivity index (χ3n) is 10.4. The van der Waals surface area contributed by atoms with Crippen LogP contribution in [0, 0.1) is 5.92 Å². The van der Waals surface area contributed by atoms with Gasteiger partial charge in [0.25, 0.3) is 11.8 Å². The second-order valence-electron chi connectivity index (χ2n) is 14.3. The number of ether oxygens (including phenoxy) is 2. The fraction of sp³-hybridized carbons (Fsp3) is 0.220. The monoisotopic (exact) mass is 845 g/mol. The smallest absolute Gasteiger partial charge is 0.343 e. The molecule has 5 aromatic carbocycles. The van der Waals surface area contributed by atoms with Crippen molar-refractivity contribution in [3.8, 4) is 57.1 Å². The van der Waals surface area contributed by atoms with Crippen LogP contribution >= 0.6 is 0 Å². The Balaban J connectivity index is 0.00000161. The van der Waals surface area contributed by atoms with Crippen molar-refractivity contribution in [3.63, 3.8) is 0 Å². The van der Waals surface area contributed by atoms with Crippen molar-refractivity contribution in [3.05, 3.63) is 150 Å². The van der Waals surface area contributed by atoms with E-state index in [4.69, 9.17) is 14.6 Å². The summed E-state index contributed by atoms with van der Waals surface area (Å²) >= 11 is 0. The first-order valence-corrected chi connectivity index (χ1v) is 21.0. The second kappa shape index (κ2) is 21.3. The van der Waals surface area contributed by atoms with E-state index < -0.39 is 17.8 Å². The predicted octanol–water partition coefficient (Wildman–Crippen LogP) is 10.3. The number of imide groups is 1.